The summed E-state index contributed by atoms with van der Waals surface area (Å²) in [6.45, 7) is 0.503. The number of benzene rings is 2. The number of nitrogens with one attached hydrogen (secondary N) is 1. The van der Waals surface area contributed by atoms with Gasteiger partial charge in [-0.2, -0.15) is 0 Å². The van der Waals surface area contributed by atoms with E-state index in [-0.39, 0.29) is 36.0 Å². The molecule has 0 aliphatic carbocycles. The molecule has 7 nitrogen and oxygen atoms in total. The van der Waals surface area contributed by atoms with Gasteiger partial charge in [0.1, 0.15) is 6.61 Å². The number of hydrogen-bond acceptors (Lipinski definition) is 5. The van der Waals surface area contributed by atoms with Crippen LogP contribution in [0.2, 0.25) is 0 Å². The maximum atomic E-state index is 12.4. The smallest absolute Gasteiger partial charge is 0.255 e. The van der Waals surface area contributed by atoms with E-state index >= 15 is 0 Å². The Hall–Kier alpha value is -3.23. The van der Waals surface area contributed by atoms with Gasteiger partial charge in [0.25, 0.3) is 5.91 Å². The van der Waals surface area contributed by atoms with Crippen molar-refractivity contribution in [1.82, 2.24) is 10.0 Å². The number of anilines is 2. The van der Waals surface area contributed by atoms with Gasteiger partial charge in [0.2, 0.25) is 6.41 Å². The number of nitrogens with zero attached hydrogens (tertiary/aromatic N) is 2. The number of amides is 2. The number of aromatic nitrogens is 1. The van der Waals surface area contributed by atoms with E-state index in [9.17, 15) is 9.59 Å². The molecular formula is C21H21BrN4O3. The molecule has 3 aromatic rings. The molecule has 0 aliphatic heterocycles. The lowest BCUT2D eigenvalue weighted by Crippen LogP contribution is -2.22. The first-order chi connectivity index (χ1) is 13.7. The maximum absolute atomic E-state index is 12.4. The molecular weight excluding hydrogens is 436 g/mol. The maximum Gasteiger partial charge on any atom is 0.255 e. The van der Waals surface area contributed by atoms with Crippen LogP contribution < -0.4 is 11.1 Å². The number of carbonyl (C=O) groups is 2. The molecule has 1 heterocycles. The van der Waals surface area contributed by atoms with Gasteiger partial charge < -0.3 is 11.1 Å². The fourth-order valence-corrected chi connectivity index (χ4v) is 2.50. The molecule has 8 heteroatoms. The van der Waals surface area contributed by atoms with Crippen LogP contribution in [0.1, 0.15) is 21.5 Å². The average molecular weight is 457 g/mol. The minimum Gasteiger partial charge on any atom is -0.397 e. The van der Waals surface area contributed by atoms with E-state index in [0.29, 0.717) is 23.3 Å². The normalized spacial score (nSPS) is 9.93. The second-order valence-electron chi connectivity index (χ2n) is 6.05. The molecule has 0 atom stereocenters. The molecule has 3 N–H and O–H groups in total. The lowest BCUT2D eigenvalue weighted by Gasteiger charge is -2.17. The zero-order chi connectivity index (χ0) is 19.8. The van der Waals surface area contributed by atoms with E-state index < -0.39 is 0 Å². The van der Waals surface area contributed by atoms with Crippen molar-refractivity contribution in [3.05, 3.63) is 89.7 Å². The van der Waals surface area contributed by atoms with Crippen molar-refractivity contribution >= 4 is 40.7 Å². The van der Waals surface area contributed by atoms with Crippen LogP contribution in [0, 0.1) is 0 Å². The first-order valence-electron chi connectivity index (χ1n) is 8.64. The molecule has 2 aromatic carbocycles. The third kappa shape index (κ3) is 6.41. The summed E-state index contributed by atoms with van der Waals surface area (Å²) in [6, 6.07) is 17.6. The lowest BCUT2D eigenvalue weighted by atomic mass is 10.1. The van der Waals surface area contributed by atoms with Crippen LogP contribution in [0.15, 0.2) is 73.1 Å². The Bertz CT molecular complexity index is 936. The number of pyridine rings is 1. The second kappa shape index (κ2) is 10.9. The Morgan fingerprint density at radius 1 is 1.07 bits per heavy atom. The molecule has 2 amide bonds. The highest BCUT2D eigenvalue weighted by Crippen LogP contribution is 2.18. The van der Waals surface area contributed by atoms with Gasteiger partial charge in [0.05, 0.1) is 17.9 Å². The van der Waals surface area contributed by atoms with Crippen molar-refractivity contribution in [3.63, 3.8) is 0 Å². The SMILES string of the molecule is Br.Nc1ccccc1NC(=O)c1ccc(CN(C=O)OCc2cccnc2)cc1. The minimum absolute atomic E-state index is 0. The molecule has 3 rings (SSSR count). The van der Waals surface area contributed by atoms with Crippen LogP contribution in [-0.4, -0.2) is 22.4 Å². The molecule has 0 radical (unpaired) electrons. The molecule has 150 valence electrons. The minimum atomic E-state index is -0.260. The Morgan fingerprint density at radius 3 is 2.48 bits per heavy atom. The third-order valence-electron chi connectivity index (χ3n) is 4.00. The molecule has 0 aliphatic rings. The number of para-hydroxylation sites is 2. The van der Waals surface area contributed by atoms with Crippen molar-refractivity contribution < 1.29 is 14.4 Å². The number of nitrogens with two attached hydrogens (primary N) is 1. The molecule has 0 saturated heterocycles. The highest BCUT2D eigenvalue weighted by Gasteiger charge is 2.09. The van der Waals surface area contributed by atoms with Gasteiger partial charge in [0.15, 0.2) is 0 Å². The van der Waals surface area contributed by atoms with Crippen LogP contribution in [0.25, 0.3) is 0 Å². The van der Waals surface area contributed by atoms with Crippen molar-refractivity contribution in [2.75, 3.05) is 11.1 Å². The standard InChI is InChI=1S/C21H20N4O3.BrH/c22-19-5-1-2-6-20(19)24-21(27)18-9-7-16(8-10-18)13-25(15-26)28-14-17-4-3-11-23-12-17;/h1-12,15H,13-14,22H2,(H,24,27);1H. The summed E-state index contributed by atoms with van der Waals surface area (Å²) in [5, 5.41) is 3.98. The number of rotatable bonds is 8. The summed E-state index contributed by atoms with van der Waals surface area (Å²) in [6.07, 6.45) is 3.97. The van der Waals surface area contributed by atoms with Gasteiger partial charge in [0, 0.05) is 18.0 Å². The van der Waals surface area contributed by atoms with Gasteiger partial charge >= 0.3 is 0 Å². The van der Waals surface area contributed by atoms with Gasteiger partial charge in [-0.25, -0.2) is 5.06 Å². The number of carbonyl (C=O) groups excluding carboxylic acids is 2. The quantitative estimate of drug-likeness (QED) is 0.306. The first kappa shape index (κ1) is 22.1. The zero-order valence-electron chi connectivity index (χ0n) is 15.5. The van der Waals surface area contributed by atoms with Crippen molar-refractivity contribution in [1.29, 1.82) is 0 Å². The predicted octanol–water partition coefficient (Wildman–Crippen LogP) is 3.58. The molecule has 0 fully saturated rings. The summed E-state index contributed by atoms with van der Waals surface area (Å²) in [4.78, 5) is 33.1. The predicted molar refractivity (Wildman–Crippen MR) is 116 cm³/mol. The monoisotopic (exact) mass is 456 g/mol. The van der Waals surface area contributed by atoms with Crippen LogP contribution in [0.5, 0.6) is 0 Å². The van der Waals surface area contributed by atoms with Crippen LogP contribution in [0.4, 0.5) is 11.4 Å². The summed E-state index contributed by atoms with van der Waals surface area (Å²) in [7, 11) is 0. The molecule has 0 bridgehead atoms. The first-order valence-corrected chi connectivity index (χ1v) is 8.64. The third-order valence-corrected chi connectivity index (χ3v) is 4.00. The highest BCUT2D eigenvalue weighted by molar-refractivity contribution is 8.93. The summed E-state index contributed by atoms with van der Waals surface area (Å²) in [5.74, 6) is -0.260. The number of halogens is 1. The molecule has 1 aromatic heterocycles. The van der Waals surface area contributed by atoms with Crippen molar-refractivity contribution in [2.24, 2.45) is 0 Å². The lowest BCUT2D eigenvalue weighted by molar-refractivity contribution is -0.181. The van der Waals surface area contributed by atoms with E-state index in [4.69, 9.17) is 10.6 Å². The Morgan fingerprint density at radius 2 is 1.83 bits per heavy atom. The van der Waals surface area contributed by atoms with Gasteiger partial charge in [-0.05, 0) is 41.5 Å². The second-order valence-corrected chi connectivity index (χ2v) is 6.05. The topological polar surface area (TPSA) is 97.6 Å². The largest absolute Gasteiger partial charge is 0.397 e. The van der Waals surface area contributed by atoms with Crippen molar-refractivity contribution in [2.45, 2.75) is 13.2 Å². The van der Waals surface area contributed by atoms with Crippen molar-refractivity contribution in [3.8, 4) is 0 Å². The number of hydroxylamine groups is 2. The Balaban J connectivity index is 0.00000300. The number of hydrogen-bond donors (Lipinski definition) is 2. The molecule has 0 saturated carbocycles. The molecule has 0 spiro atoms. The molecule has 29 heavy (non-hydrogen) atoms. The number of nitrogen functional groups attached to an aromatic ring is 1. The van der Waals surface area contributed by atoms with E-state index in [1.807, 2.05) is 6.07 Å². The fourth-order valence-electron chi connectivity index (χ4n) is 2.50. The van der Waals surface area contributed by atoms with Crippen LogP contribution in [0.3, 0.4) is 0 Å². The van der Waals surface area contributed by atoms with Gasteiger partial charge in [-0.3, -0.25) is 19.4 Å². The van der Waals surface area contributed by atoms with Crippen LogP contribution >= 0.6 is 17.0 Å². The van der Waals surface area contributed by atoms with Gasteiger partial charge in [-0.1, -0.05) is 30.3 Å². The zero-order valence-corrected chi connectivity index (χ0v) is 17.2. The summed E-state index contributed by atoms with van der Waals surface area (Å²) in [5.41, 5.74) is 9.08. The Labute approximate surface area is 179 Å². The van der Waals surface area contributed by atoms with E-state index in [2.05, 4.69) is 10.3 Å². The summed E-state index contributed by atoms with van der Waals surface area (Å²) < 4.78 is 0. The fraction of sp³-hybridized carbons (Fsp3) is 0.0952. The van der Waals surface area contributed by atoms with E-state index in [0.717, 1.165) is 11.1 Å². The highest BCUT2D eigenvalue weighted by atomic mass is 79.9. The van der Waals surface area contributed by atoms with Gasteiger partial charge in [-0.15, -0.1) is 17.0 Å². The summed E-state index contributed by atoms with van der Waals surface area (Å²) >= 11 is 0. The van der Waals surface area contributed by atoms with Crippen LogP contribution in [-0.2, 0) is 22.8 Å². The van der Waals surface area contributed by atoms with E-state index in [1.54, 1.807) is 67.0 Å². The average Bonchev–Trinajstić information content (AvgIpc) is 2.74. The van der Waals surface area contributed by atoms with E-state index in [1.165, 1.54) is 5.06 Å². The molecule has 0 unspecified atom stereocenters. The Kier molecular flexibility index (Phi) is 8.32.